The Balaban J connectivity index is 2.37. The molecular weight excluding hydrogens is 216 g/mol. The van der Waals surface area contributed by atoms with Crippen LogP contribution >= 0.6 is 0 Å². The summed E-state index contributed by atoms with van der Waals surface area (Å²) in [5.74, 6) is -0.832. The predicted octanol–water partition coefficient (Wildman–Crippen LogP) is 1.08. The van der Waals surface area contributed by atoms with E-state index in [9.17, 15) is 4.79 Å². The SMILES string of the molecule is N#Cc1cccc2c1CC(CN)(CC(=O)O)C2. The van der Waals surface area contributed by atoms with Crippen LogP contribution in [0.3, 0.4) is 0 Å². The Bertz CT molecular complexity index is 505. The molecule has 4 nitrogen and oxygen atoms in total. The van der Waals surface area contributed by atoms with Crippen molar-refractivity contribution in [2.45, 2.75) is 19.3 Å². The van der Waals surface area contributed by atoms with Gasteiger partial charge in [-0.15, -0.1) is 0 Å². The fraction of sp³-hybridized carbons (Fsp3) is 0.385. The number of benzene rings is 1. The van der Waals surface area contributed by atoms with Gasteiger partial charge in [0.05, 0.1) is 18.1 Å². The first kappa shape index (κ1) is 11.6. The van der Waals surface area contributed by atoms with E-state index in [1.165, 1.54) is 0 Å². The summed E-state index contributed by atoms with van der Waals surface area (Å²) < 4.78 is 0. The number of rotatable bonds is 3. The van der Waals surface area contributed by atoms with E-state index in [1.54, 1.807) is 6.07 Å². The average molecular weight is 230 g/mol. The molecular formula is C13H14N2O2. The molecule has 1 unspecified atom stereocenters. The largest absolute Gasteiger partial charge is 0.481 e. The zero-order chi connectivity index (χ0) is 12.5. The van der Waals surface area contributed by atoms with Crippen LogP contribution in [-0.2, 0) is 17.6 Å². The number of fused-ring (bicyclic) bond motifs is 1. The molecule has 1 aromatic rings. The van der Waals surface area contributed by atoms with Gasteiger partial charge in [-0.3, -0.25) is 4.79 Å². The number of hydrogen-bond acceptors (Lipinski definition) is 3. The van der Waals surface area contributed by atoms with Crippen molar-refractivity contribution in [1.82, 2.24) is 0 Å². The van der Waals surface area contributed by atoms with Gasteiger partial charge in [-0.2, -0.15) is 5.26 Å². The lowest BCUT2D eigenvalue weighted by atomic mass is 9.81. The van der Waals surface area contributed by atoms with Gasteiger partial charge in [-0.05, 0) is 36.6 Å². The minimum Gasteiger partial charge on any atom is -0.481 e. The zero-order valence-electron chi connectivity index (χ0n) is 9.44. The number of nitrogens with two attached hydrogens (primary N) is 1. The van der Waals surface area contributed by atoms with Crippen LogP contribution in [0.15, 0.2) is 18.2 Å². The van der Waals surface area contributed by atoms with E-state index in [0.29, 0.717) is 24.9 Å². The van der Waals surface area contributed by atoms with Gasteiger partial charge in [0.2, 0.25) is 0 Å². The molecule has 1 aliphatic carbocycles. The number of aliphatic carboxylic acids is 1. The Morgan fingerprint density at radius 1 is 1.53 bits per heavy atom. The number of carboxylic acid groups (broad SMARTS) is 1. The fourth-order valence-corrected chi connectivity index (χ4v) is 2.62. The molecule has 2 rings (SSSR count). The Morgan fingerprint density at radius 3 is 2.88 bits per heavy atom. The molecule has 1 aromatic carbocycles. The van der Waals surface area contributed by atoms with Crippen molar-refractivity contribution >= 4 is 5.97 Å². The Kier molecular flexibility index (Phi) is 2.86. The van der Waals surface area contributed by atoms with Gasteiger partial charge >= 0.3 is 5.97 Å². The van der Waals surface area contributed by atoms with E-state index in [0.717, 1.165) is 11.1 Å². The van der Waals surface area contributed by atoms with E-state index in [1.807, 2.05) is 12.1 Å². The van der Waals surface area contributed by atoms with E-state index >= 15 is 0 Å². The first-order valence-electron chi connectivity index (χ1n) is 5.53. The van der Waals surface area contributed by atoms with Crippen LogP contribution in [0.2, 0.25) is 0 Å². The molecule has 0 aromatic heterocycles. The summed E-state index contributed by atoms with van der Waals surface area (Å²) in [5.41, 5.74) is 8.01. The highest BCUT2D eigenvalue weighted by Gasteiger charge is 2.39. The quantitative estimate of drug-likeness (QED) is 0.813. The number of nitrogens with zero attached hydrogens (tertiary/aromatic N) is 1. The molecule has 0 radical (unpaired) electrons. The van der Waals surface area contributed by atoms with Crippen LogP contribution < -0.4 is 5.73 Å². The van der Waals surface area contributed by atoms with Gasteiger partial charge in [-0.25, -0.2) is 0 Å². The minimum atomic E-state index is -0.832. The smallest absolute Gasteiger partial charge is 0.303 e. The van der Waals surface area contributed by atoms with Crippen LogP contribution in [0.25, 0.3) is 0 Å². The number of hydrogen-bond donors (Lipinski definition) is 2. The lowest BCUT2D eigenvalue weighted by Crippen LogP contribution is -2.33. The van der Waals surface area contributed by atoms with Crippen molar-refractivity contribution in [3.8, 4) is 6.07 Å². The van der Waals surface area contributed by atoms with E-state index in [4.69, 9.17) is 16.1 Å². The molecule has 1 aliphatic rings. The van der Waals surface area contributed by atoms with Crippen LogP contribution in [0, 0.1) is 16.7 Å². The second-order valence-corrected chi connectivity index (χ2v) is 4.68. The third-order valence-corrected chi connectivity index (χ3v) is 3.47. The standard InChI is InChI=1S/C13H14N2O2/c14-7-10-3-1-2-9-4-13(8-15,5-11(9)10)6-12(16)17/h1-3H,4-6,8,15H2,(H,16,17). The van der Waals surface area contributed by atoms with Gasteiger partial charge in [0.1, 0.15) is 0 Å². The monoisotopic (exact) mass is 230 g/mol. The minimum absolute atomic E-state index is 0.0586. The molecule has 0 bridgehead atoms. The average Bonchev–Trinajstić information content (AvgIpc) is 2.66. The Hall–Kier alpha value is -1.86. The normalized spacial score (nSPS) is 21.9. The highest BCUT2D eigenvalue weighted by atomic mass is 16.4. The van der Waals surface area contributed by atoms with E-state index < -0.39 is 11.4 Å². The summed E-state index contributed by atoms with van der Waals surface area (Å²) in [7, 11) is 0. The summed E-state index contributed by atoms with van der Waals surface area (Å²) >= 11 is 0. The van der Waals surface area contributed by atoms with Crippen molar-refractivity contribution in [2.24, 2.45) is 11.1 Å². The molecule has 3 N–H and O–H groups in total. The van der Waals surface area contributed by atoms with Gasteiger partial charge in [0, 0.05) is 5.41 Å². The summed E-state index contributed by atoms with van der Waals surface area (Å²) in [4.78, 5) is 10.9. The second kappa shape index (κ2) is 4.19. The van der Waals surface area contributed by atoms with Gasteiger partial charge in [0.25, 0.3) is 0 Å². The topological polar surface area (TPSA) is 87.1 Å². The summed E-state index contributed by atoms with van der Waals surface area (Å²) in [6.07, 6.45) is 1.30. The lowest BCUT2D eigenvalue weighted by molar-refractivity contribution is -0.139. The van der Waals surface area contributed by atoms with E-state index in [-0.39, 0.29) is 6.42 Å². The first-order valence-corrected chi connectivity index (χ1v) is 5.53. The van der Waals surface area contributed by atoms with Gasteiger partial charge < -0.3 is 10.8 Å². The molecule has 0 heterocycles. The van der Waals surface area contributed by atoms with Crippen molar-refractivity contribution < 1.29 is 9.90 Å². The van der Waals surface area contributed by atoms with Crippen LogP contribution in [-0.4, -0.2) is 17.6 Å². The molecule has 0 saturated carbocycles. The summed E-state index contributed by atoms with van der Waals surface area (Å²) in [6, 6.07) is 7.72. The maximum Gasteiger partial charge on any atom is 0.303 e. The molecule has 0 fully saturated rings. The molecule has 1 atom stereocenters. The third-order valence-electron chi connectivity index (χ3n) is 3.47. The third kappa shape index (κ3) is 2.02. The molecule has 4 heteroatoms. The number of carbonyl (C=O) groups is 1. The fourth-order valence-electron chi connectivity index (χ4n) is 2.62. The number of carboxylic acids is 1. The molecule has 0 spiro atoms. The molecule has 0 saturated heterocycles. The maximum atomic E-state index is 10.9. The second-order valence-electron chi connectivity index (χ2n) is 4.68. The van der Waals surface area contributed by atoms with Crippen LogP contribution in [0.4, 0.5) is 0 Å². The summed E-state index contributed by atoms with van der Waals surface area (Å²) in [5, 5.41) is 18.0. The van der Waals surface area contributed by atoms with Crippen molar-refractivity contribution in [1.29, 1.82) is 5.26 Å². The van der Waals surface area contributed by atoms with Gasteiger partial charge in [-0.1, -0.05) is 12.1 Å². The Labute approximate surface area is 99.7 Å². The predicted molar refractivity (Wildman–Crippen MR) is 62.3 cm³/mol. The highest BCUT2D eigenvalue weighted by Crippen LogP contribution is 2.40. The van der Waals surface area contributed by atoms with Crippen LogP contribution in [0.5, 0.6) is 0 Å². The summed E-state index contributed by atoms with van der Waals surface area (Å²) in [6.45, 7) is 0.332. The first-order chi connectivity index (χ1) is 8.10. The van der Waals surface area contributed by atoms with Gasteiger partial charge in [0.15, 0.2) is 0 Å². The lowest BCUT2D eigenvalue weighted by Gasteiger charge is -2.24. The van der Waals surface area contributed by atoms with Crippen molar-refractivity contribution in [2.75, 3.05) is 6.54 Å². The number of nitriles is 1. The van der Waals surface area contributed by atoms with Crippen molar-refractivity contribution in [3.05, 3.63) is 34.9 Å². The van der Waals surface area contributed by atoms with Crippen LogP contribution in [0.1, 0.15) is 23.1 Å². The maximum absolute atomic E-state index is 10.9. The van der Waals surface area contributed by atoms with E-state index in [2.05, 4.69) is 6.07 Å². The molecule has 88 valence electrons. The molecule has 17 heavy (non-hydrogen) atoms. The molecule has 0 amide bonds. The Morgan fingerprint density at radius 2 is 2.29 bits per heavy atom. The zero-order valence-corrected chi connectivity index (χ0v) is 9.44. The highest BCUT2D eigenvalue weighted by molar-refractivity contribution is 5.68. The molecule has 0 aliphatic heterocycles. The van der Waals surface area contributed by atoms with Crippen molar-refractivity contribution in [3.63, 3.8) is 0 Å².